The van der Waals surface area contributed by atoms with Crippen LogP contribution in [0.5, 0.6) is 0 Å². The zero-order chi connectivity index (χ0) is 15.9. The molecule has 2 aromatic carbocycles. The minimum atomic E-state index is -0.0785. The molecule has 0 aliphatic carbocycles. The second-order valence-corrected chi connectivity index (χ2v) is 5.46. The molecule has 0 heterocycles. The molecule has 4 heteroatoms. The lowest BCUT2D eigenvalue weighted by Gasteiger charge is -2.12. The number of nitrogens with zero attached hydrogens (tertiary/aromatic N) is 1. The number of hydrogen-bond donors (Lipinski definition) is 2. The normalized spacial score (nSPS) is 10.7. The quantitative estimate of drug-likeness (QED) is 0.859. The van der Waals surface area contributed by atoms with Crippen LogP contribution in [-0.4, -0.2) is 43.1 Å². The van der Waals surface area contributed by atoms with Crippen molar-refractivity contribution in [2.75, 3.05) is 27.2 Å². The van der Waals surface area contributed by atoms with E-state index in [-0.39, 0.29) is 12.5 Å². The van der Waals surface area contributed by atoms with Gasteiger partial charge in [-0.2, -0.15) is 0 Å². The summed E-state index contributed by atoms with van der Waals surface area (Å²) in [7, 11) is 3.94. The van der Waals surface area contributed by atoms with Crippen molar-refractivity contribution < 1.29 is 9.90 Å². The molecule has 0 saturated heterocycles. The Hall–Kier alpha value is -2.17. The van der Waals surface area contributed by atoms with E-state index in [0.717, 1.165) is 23.2 Å². The Morgan fingerprint density at radius 1 is 1.14 bits per heavy atom. The third-order valence-electron chi connectivity index (χ3n) is 3.47. The summed E-state index contributed by atoms with van der Waals surface area (Å²) in [4.78, 5) is 14.2. The minimum Gasteiger partial charge on any atom is -0.392 e. The largest absolute Gasteiger partial charge is 0.392 e. The van der Waals surface area contributed by atoms with E-state index in [1.54, 1.807) is 6.07 Å². The zero-order valence-corrected chi connectivity index (χ0v) is 13.0. The van der Waals surface area contributed by atoms with E-state index >= 15 is 0 Å². The summed E-state index contributed by atoms with van der Waals surface area (Å²) in [5.41, 5.74) is 3.37. The van der Waals surface area contributed by atoms with Crippen molar-refractivity contribution in [1.82, 2.24) is 10.2 Å². The third-order valence-corrected chi connectivity index (χ3v) is 3.47. The first-order valence-electron chi connectivity index (χ1n) is 7.34. The fraction of sp³-hybridized carbons (Fsp3) is 0.278. The lowest BCUT2D eigenvalue weighted by molar-refractivity contribution is 0.0951. The Labute approximate surface area is 131 Å². The standard InChI is InChI=1S/C18H22N2O2/c1-20(2)11-10-19-18(22)15-8-5-7-14(12-15)17-9-4-3-6-16(17)13-21/h3-9,12,21H,10-11,13H2,1-2H3,(H,19,22). The maximum atomic E-state index is 12.2. The Kier molecular flexibility index (Phi) is 5.69. The van der Waals surface area contributed by atoms with Crippen LogP contribution in [0.1, 0.15) is 15.9 Å². The highest BCUT2D eigenvalue weighted by Crippen LogP contribution is 2.24. The van der Waals surface area contributed by atoms with Crippen molar-refractivity contribution in [1.29, 1.82) is 0 Å². The number of benzene rings is 2. The maximum Gasteiger partial charge on any atom is 0.251 e. The molecule has 0 atom stereocenters. The Morgan fingerprint density at radius 2 is 1.91 bits per heavy atom. The van der Waals surface area contributed by atoms with Gasteiger partial charge in [0, 0.05) is 18.7 Å². The van der Waals surface area contributed by atoms with Gasteiger partial charge in [-0.25, -0.2) is 0 Å². The van der Waals surface area contributed by atoms with Gasteiger partial charge in [-0.15, -0.1) is 0 Å². The average molecular weight is 298 g/mol. The number of carbonyl (C=O) groups is 1. The van der Waals surface area contributed by atoms with E-state index in [4.69, 9.17) is 0 Å². The van der Waals surface area contributed by atoms with Crippen molar-refractivity contribution in [2.24, 2.45) is 0 Å². The van der Waals surface area contributed by atoms with Crippen LogP contribution < -0.4 is 5.32 Å². The van der Waals surface area contributed by atoms with Gasteiger partial charge < -0.3 is 15.3 Å². The van der Waals surface area contributed by atoms with Gasteiger partial charge in [-0.3, -0.25) is 4.79 Å². The van der Waals surface area contributed by atoms with Crippen LogP contribution >= 0.6 is 0 Å². The molecule has 0 fully saturated rings. The van der Waals surface area contributed by atoms with Gasteiger partial charge in [-0.1, -0.05) is 36.4 Å². The zero-order valence-electron chi connectivity index (χ0n) is 13.0. The highest BCUT2D eigenvalue weighted by Gasteiger charge is 2.08. The van der Waals surface area contributed by atoms with E-state index in [2.05, 4.69) is 5.32 Å². The van der Waals surface area contributed by atoms with Crippen LogP contribution in [0, 0.1) is 0 Å². The number of aliphatic hydroxyl groups is 1. The SMILES string of the molecule is CN(C)CCNC(=O)c1cccc(-c2ccccc2CO)c1. The molecule has 0 bridgehead atoms. The average Bonchev–Trinajstić information content (AvgIpc) is 2.54. The van der Waals surface area contributed by atoms with Crippen molar-refractivity contribution in [3.05, 3.63) is 59.7 Å². The van der Waals surface area contributed by atoms with Gasteiger partial charge in [0.25, 0.3) is 5.91 Å². The van der Waals surface area contributed by atoms with Crippen molar-refractivity contribution in [2.45, 2.75) is 6.61 Å². The fourth-order valence-electron chi connectivity index (χ4n) is 2.26. The second-order valence-electron chi connectivity index (χ2n) is 5.46. The topological polar surface area (TPSA) is 52.6 Å². The highest BCUT2D eigenvalue weighted by molar-refractivity contribution is 5.95. The number of amides is 1. The molecular weight excluding hydrogens is 276 g/mol. The molecule has 0 saturated carbocycles. The second kappa shape index (κ2) is 7.73. The number of likely N-dealkylation sites (N-methyl/N-ethyl adjacent to an activating group) is 1. The van der Waals surface area contributed by atoms with Gasteiger partial charge in [-0.05, 0) is 42.9 Å². The predicted molar refractivity (Wildman–Crippen MR) is 88.7 cm³/mol. The van der Waals surface area contributed by atoms with Crippen LogP contribution in [0.15, 0.2) is 48.5 Å². The third kappa shape index (κ3) is 4.16. The van der Waals surface area contributed by atoms with E-state index < -0.39 is 0 Å². The summed E-state index contributed by atoms with van der Waals surface area (Å²) >= 11 is 0. The van der Waals surface area contributed by atoms with Gasteiger partial charge in [0.05, 0.1) is 6.61 Å². The van der Waals surface area contributed by atoms with Crippen LogP contribution in [0.2, 0.25) is 0 Å². The van der Waals surface area contributed by atoms with E-state index in [9.17, 15) is 9.90 Å². The van der Waals surface area contributed by atoms with E-state index in [1.807, 2.05) is 61.5 Å². The molecule has 116 valence electrons. The molecule has 0 radical (unpaired) electrons. The number of hydrogen-bond acceptors (Lipinski definition) is 3. The molecule has 0 aromatic heterocycles. The van der Waals surface area contributed by atoms with Crippen molar-refractivity contribution in [3.63, 3.8) is 0 Å². The monoisotopic (exact) mass is 298 g/mol. The molecule has 2 N–H and O–H groups in total. The van der Waals surface area contributed by atoms with Gasteiger partial charge in [0.1, 0.15) is 0 Å². The molecular formula is C18H22N2O2. The van der Waals surface area contributed by atoms with E-state index in [0.29, 0.717) is 12.1 Å². The molecule has 1 amide bonds. The molecule has 22 heavy (non-hydrogen) atoms. The highest BCUT2D eigenvalue weighted by atomic mass is 16.3. The summed E-state index contributed by atoms with van der Waals surface area (Å²) in [5, 5.41) is 12.4. The van der Waals surface area contributed by atoms with Crippen molar-refractivity contribution >= 4 is 5.91 Å². The van der Waals surface area contributed by atoms with Gasteiger partial charge in [0.15, 0.2) is 0 Å². The molecule has 0 spiro atoms. The molecule has 2 rings (SSSR count). The van der Waals surface area contributed by atoms with Crippen LogP contribution in [0.25, 0.3) is 11.1 Å². The van der Waals surface area contributed by atoms with Gasteiger partial charge >= 0.3 is 0 Å². The molecule has 2 aromatic rings. The molecule has 0 unspecified atom stereocenters. The summed E-state index contributed by atoms with van der Waals surface area (Å²) in [5.74, 6) is -0.0785. The number of nitrogens with one attached hydrogen (secondary N) is 1. The first-order chi connectivity index (χ1) is 10.6. The van der Waals surface area contributed by atoms with Crippen LogP contribution in [0.3, 0.4) is 0 Å². The fourth-order valence-corrected chi connectivity index (χ4v) is 2.26. The lowest BCUT2D eigenvalue weighted by atomic mass is 9.98. The Balaban J connectivity index is 2.18. The van der Waals surface area contributed by atoms with Gasteiger partial charge in [0.2, 0.25) is 0 Å². The summed E-state index contributed by atoms with van der Waals surface area (Å²) in [6.07, 6.45) is 0. The first-order valence-corrected chi connectivity index (χ1v) is 7.34. The predicted octanol–water partition coefficient (Wildman–Crippen LogP) is 2.14. The molecule has 0 aliphatic rings. The summed E-state index contributed by atoms with van der Waals surface area (Å²) in [6, 6.07) is 15.1. The van der Waals surface area contributed by atoms with E-state index in [1.165, 1.54) is 0 Å². The smallest absolute Gasteiger partial charge is 0.251 e. The molecule has 0 aliphatic heterocycles. The number of rotatable bonds is 6. The maximum absolute atomic E-state index is 12.2. The first kappa shape index (κ1) is 16.2. The number of carbonyl (C=O) groups excluding carboxylic acids is 1. The molecule has 4 nitrogen and oxygen atoms in total. The summed E-state index contributed by atoms with van der Waals surface area (Å²) < 4.78 is 0. The van der Waals surface area contributed by atoms with Crippen LogP contribution in [0.4, 0.5) is 0 Å². The summed E-state index contributed by atoms with van der Waals surface area (Å²) in [6.45, 7) is 1.40. The Morgan fingerprint density at radius 3 is 2.64 bits per heavy atom. The van der Waals surface area contributed by atoms with Crippen LogP contribution in [-0.2, 0) is 6.61 Å². The number of aliphatic hydroxyl groups excluding tert-OH is 1. The Bertz CT molecular complexity index is 638. The minimum absolute atomic E-state index is 0.0184. The lowest BCUT2D eigenvalue weighted by Crippen LogP contribution is -2.31. The van der Waals surface area contributed by atoms with Crippen molar-refractivity contribution in [3.8, 4) is 11.1 Å².